The van der Waals surface area contributed by atoms with Crippen LogP contribution < -0.4 is 15.4 Å². The highest BCUT2D eigenvalue weighted by molar-refractivity contribution is 6.05. The number of esters is 1. The van der Waals surface area contributed by atoms with Gasteiger partial charge in [0.25, 0.3) is 5.91 Å². The topological polar surface area (TPSA) is 146 Å². The van der Waals surface area contributed by atoms with E-state index in [9.17, 15) is 19.2 Å². The van der Waals surface area contributed by atoms with Crippen molar-refractivity contribution in [2.24, 2.45) is 21.1 Å². The van der Waals surface area contributed by atoms with Crippen LogP contribution in [0.1, 0.15) is 52.2 Å². The van der Waals surface area contributed by atoms with Crippen molar-refractivity contribution in [3.63, 3.8) is 0 Å². The number of aromatic nitrogens is 3. The van der Waals surface area contributed by atoms with E-state index < -0.39 is 29.5 Å². The zero-order valence-electron chi connectivity index (χ0n) is 20.2. The van der Waals surface area contributed by atoms with Crippen molar-refractivity contribution in [3.05, 3.63) is 53.9 Å². The number of carbonyl (C=O) groups is 4. The van der Waals surface area contributed by atoms with Gasteiger partial charge in [-0.15, -0.1) is 0 Å². The highest BCUT2D eigenvalue weighted by Crippen LogP contribution is 2.21. The fourth-order valence-electron chi connectivity index (χ4n) is 3.27. The molecular weight excluding hydrogens is 458 g/mol. The summed E-state index contributed by atoms with van der Waals surface area (Å²) in [5.41, 5.74) is 0.425. The van der Waals surface area contributed by atoms with E-state index in [-0.39, 0.29) is 22.8 Å². The van der Waals surface area contributed by atoms with Crippen LogP contribution in [0.3, 0.4) is 0 Å². The Balaban J connectivity index is 1.69. The van der Waals surface area contributed by atoms with Crippen molar-refractivity contribution in [1.29, 1.82) is 0 Å². The van der Waals surface area contributed by atoms with Crippen LogP contribution in [0.5, 0.6) is 5.75 Å². The van der Waals surface area contributed by atoms with Crippen LogP contribution in [0, 0.1) is 0 Å². The fraction of sp³-hybridized carbons (Fsp3) is 0.304. The maximum Gasteiger partial charge on any atom is 0.412 e. The number of nitrogens with zero attached hydrogens (tertiary/aromatic N) is 3. The number of aromatic carboxylic acids is 1. The zero-order chi connectivity index (χ0) is 26.1. The molecule has 0 radical (unpaired) electrons. The molecule has 3 rings (SSSR count). The number of aryl methyl sites for hydroxylation is 3. The lowest BCUT2D eigenvalue weighted by atomic mass is 10.2. The van der Waals surface area contributed by atoms with Gasteiger partial charge in [-0.3, -0.25) is 10.1 Å². The van der Waals surface area contributed by atoms with Crippen LogP contribution in [0.25, 0.3) is 0 Å². The second-order valence-electron chi connectivity index (χ2n) is 8.90. The van der Waals surface area contributed by atoms with Gasteiger partial charge in [0.15, 0.2) is 0 Å². The third kappa shape index (κ3) is 6.10. The Hall–Kier alpha value is -4.48. The Morgan fingerprint density at radius 2 is 1.34 bits per heavy atom. The third-order valence-electron chi connectivity index (χ3n) is 4.76. The van der Waals surface area contributed by atoms with E-state index in [0.717, 1.165) is 0 Å². The van der Waals surface area contributed by atoms with E-state index in [1.54, 1.807) is 41.1 Å². The van der Waals surface area contributed by atoms with Gasteiger partial charge in [-0.05, 0) is 32.9 Å². The summed E-state index contributed by atoms with van der Waals surface area (Å²) < 4.78 is 14.8. The number of amides is 2. The van der Waals surface area contributed by atoms with Crippen LogP contribution >= 0.6 is 0 Å². The Morgan fingerprint density at radius 3 is 1.91 bits per heavy atom. The summed E-state index contributed by atoms with van der Waals surface area (Å²) in [6.45, 7) is 5.23. The molecule has 2 amide bonds. The predicted octanol–water partition coefficient (Wildman–Crippen LogP) is 3.22. The predicted molar refractivity (Wildman–Crippen MR) is 126 cm³/mol. The van der Waals surface area contributed by atoms with Crippen molar-refractivity contribution >= 4 is 35.3 Å². The number of hydrogen-bond donors (Lipinski definition) is 3. The number of ether oxygens (including phenoxy) is 2. The Labute approximate surface area is 201 Å². The largest absolute Gasteiger partial charge is 0.477 e. The van der Waals surface area contributed by atoms with Gasteiger partial charge in [-0.1, -0.05) is 0 Å². The summed E-state index contributed by atoms with van der Waals surface area (Å²) in [7, 11) is 4.77. The van der Waals surface area contributed by atoms with Gasteiger partial charge < -0.3 is 33.6 Å². The molecule has 0 aliphatic carbocycles. The van der Waals surface area contributed by atoms with E-state index in [0.29, 0.717) is 11.4 Å². The average Bonchev–Trinajstić information content (AvgIpc) is 3.36. The number of rotatable bonds is 6. The van der Waals surface area contributed by atoms with Gasteiger partial charge in [0.1, 0.15) is 28.4 Å². The zero-order valence-corrected chi connectivity index (χ0v) is 20.2. The molecule has 0 saturated carbocycles. The number of anilines is 2. The maximum atomic E-state index is 12.8. The summed E-state index contributed by atoms with van der Waals surface area (Å²) in [6.07, 6.45) is 3.84. The van der Waals surface area contributed by atoms with Gasteiger partial charge >= 0.3 is 18.0 Å². The van der Waals surface area contributed by atoms with Crippen LogP contribution in [0.4, 0.5) is 16.2 Å². The molecule has 12 heteroatoms. The molecule has 0 saturated heterocycles. The van der Waals surface area contributed by atoms with Crippen molar-refractivity contribution in [1.82, 2.24) is 13.7 Å². The number of carboxylic acid groups (broad SMARTS) is 1. The maximum absolute atomic E-state index is 12.8. The third-order valence-corrected chi connectivity index (χ3v) is 4.76. The van der Waals surface area contributed by atoms with Crippen molar-refractivity contribution < 1.29 is 33.8 Å². The minimum Gasteiger partial charge on any atom is -0.477 e. The van der Waals surface area contributed by atoms with Gasteiger partial charge in [0.2, 0.25) is 0 Å². The number of nitrogens with one attached hydrogen (secondary N) is 2. The molecule has 0 bridgehead atoms. The molecule has 3 aromatic rings. The minimum absolute atomic E-state index is 0.0317. The van der Waals surface area contributed by atoms with Crippen LogP contribution in [0.15, 0.2) is 36.8 Å². The molecule has 0 aromatic carbocycles. The first-order valence-corrected chi connectivity index (χ1v) is 10.5. The minimum atomic E-state index is -1.15. The summed E-state index contributed by atoms with van der Waals surface area (Å²) >= 11 is 0. The first kappa shape index (κ1) is 25.1. The second kappa shape index (κ2) is 9.41. The van der Waals surface area contributed by atoms with Crippen LogP contribution in [-0.4, -0.2) is 48.3 Å². The smallest absolute Gasteiger partial charge is 0.412 e. The molecule has 3 aromatic heterocycles. The van der Waals surface area contributed by atoms with Gasteiger partial charge in [-0.2, -0.15) is 0 Å². The molecule has 0 aliphatic rings. The first-order valence-electron chi connectivity index (χ1n) is 10.5. The lowest BCUT2D eigenvalue weighted by Crippen LogP contribution is -2.27. The average molecular weight is 485 g/mol. The number of carboxylic acids is 1. The Morgan fingerprint density at radius 1 is 0.800 bits per heavy atom. The summed E-state index contributed by atoms with van der Waals surface area (Å²) in [4.78, 5) is 48.5. The normalized spacial score (nSPS) is 11.1. The summed E-state index contributed by atoms with van der Waals surface area (Å²) in [5, 5.41) is 14.4. The molecule has 3 heterocycles. The molecule has 0 unspecified atom stereocenters. The molecule has 0 spiro atoms. The first-order chi connectivity index (χ1) is 16.2. The van der Waals surface area contributed by atoms with Crippen molar-refractivity contribution in [2.75, 3.05) is 10.6 Å². The van der Waals surface area contributed by atoms with Gasteiger partial charge in [0.05, 0.1) is 11.4 Å². The van der Waals surface area contributed by atoms with E-state index >= 15 is 0 Å². The molecule has 186 valence electrons. The van der Waals surface area contributed by atoms with Gasteiger partial charge in [0, 0.05) is 45.8 Å². The molecule has 35 heavy (non-hydrogen) atoms. The lowest BCUT2D eigenvalue weighted by Gasteiger charge is -2.19. The monoisotopic (exact) mass is 485 g/mol. The Kier molecular flexibility index (Phi) is 6.76. The van der Waals surface area contributed by atoms with E-state index in [1.165, 1.54) is 51.3 Å². The van der Waals surface area contributed by atoms with Crippen molar-refractivity contribution in [2.45, 2.75) is 26.4 Å². The van der Waals surface area contributed by atoms with Gasteiger partial charge in [-0.25, -0.2) is 14.4 Å². The number of carbonyl (C=O) groups excluding carboxylic acids is 3. The summed E-state index contributed by atoms with van der Waals surface area (Å²) in [6, 6.07) is 4.17. The lowest BCUT2D eigenvalue weighted by molar-refractivity contribution is 0.0633. The molecule has 0 fully saturated rings. The molecule has 0 atom stereocenters. The van der Waals surface area contributed by atoms with Crippen LogP contribution in [0.2, 0.25) is 0 Å². The van der Waals surface area contributed by atoms with E-state index in [4.69, 9.17) is 14.6 Å². The molecule has 12 nitrogen and oxygen atoms in total. The Bertz CT molecular complexity index is 1310. The van der Waals surface area contributed by atoms with E-state index in [1.807, 2.05) is 0 Å². The molecule has 3 N–H and O–H groups in total. The molecule has 0 aliphatic heterocycles. The standard InChI is InChI=1S/C23H27N5O7/c1-23(2,3)35-22(33)25-14-7-16(26(4)11-14)19(29)24-13-8-18(27(5)10-13)21(32)34-15-9-17(20(30)31)28(6)12-15/h7-12H,1-6H3,(H,24,29)(H,25,33)(H,30,31). The summed E-state index contributed by atoms with van der Waals surface area (Å²) in [5.74, 6) is -2.26. The number of hydrogen-bond acceptors (Lipinski definition) is 6. The molecular formula is C23H27N5O7. The quantitative estimate of drug-likeness (QED) is 0.454. The SMILES string of the molecule is Cn1cc(OC(=O)c2cc(NC(=O)c3cc(NC(=O)OC(C)(C)C)cn3C)cn2C)cc1C(=O)O. The highest BCUT2D eigenvalue weighted by Gasteiger charge is 2.21. The fourth-order valence-corrected chi connectivity index (χ4v) is 3.27. The highest BCUT2D eigenvalue weighted by atomic mass is 16.6. The van der Waals surface area contributed by atoms with E-state index in [2.05, 4.69) is 10.6 Å². The van der Waals surface area contributed by atoms with Crippen molar-refractivity contribution in [3.8, 4) is 5.75 Å². The van der Waals surface area contributed by atoms with Crippen LogP contribution in [-0.2, 0) is 25.9 Å². The second-order valence-corrected chi connectivity index (χ2v) is 8.90.